The van der Waals surface area contributed by atoms with Crippen LogP contribution in [0.3, 0.4) is 0 Å². The van der Waals surface area contributed by atoms with Crippen molar-refractivity contribution in [2.24, 2.45) is 11.8 Å². The van der Waals surface area contributed by atoms with Gasteiger partial charge in [-0.3, -0.25) is 4.98 Å². The fraction of sp³-hybridized carbons (Fsp3) is 0.583. The van der Waals surface area contributed by atoms with Gasteiger partial charge < -0.3 is 5.32 Å². The van der Waals surface area contributed by atoms with Crippen LogP contribution in [0.1, 0.15) is 5.56 Å². The van der Waals surface area contributed by atoms with Crippen molar-refractivity contribution in [1.29, 1.82) is 0 Å². The molecule has 5 nitrogen and oxygen atoms in total. The van der Waals surface area contributed by atoms with Crippen LogP contribution in [-0.2, 0) is 16.4 Å². The lowest BCUT2D eigenvalue weighted by Crippen LogP contribution is -2.34. The average molecular weight is 267 g/mol. The molecule has 1 aromatic rings. The van der Waals surface area contributed by atoms with Gasteiger partial charge in [0.25, 0.3) is 0 Å². The quantitative estimate of drug-likeness (QED) is 0.772. The van der Waals surface area contributed by atoms with E-state index in [1.54, 1.807) is 12.4 Å². The predicted octanol–water partition coefficient (Wildman–Crippen LogP) is -0.239. The molecule has 2 N–H and O–H groups in total. The first-order valence-electron chi connectivity index (χ1n) is 6.25. The molecule has 2 fully saturated rings. The van der Waals surface area contributed by atoms with E-state index in [4.69, 9.17) is 0 Å². The SMILES string of the molecule is O=S(=O)(CCc1ccncc1)NC1C2CNCC21. The monoisotopic (exact) mass is 267 g/mol. The molecule has 1 saturated carbocycles. The van der Waals surface area contributed by atoms with E-state index >= 15 is 0 Å². The van der Waals surface area contributed by atoms with Gasteiger partial charge in [-0.15, -0.1) is 0 Å². The molecule has 0 radical (unpaired) electrons. The molecule has 0 bridgehead atoms. The Morgan fingerprint density at radius 1 is 1.28 bits per heavy atom. The standard InChI is InChI=1S/C12H17N3O2S/c16-18(17,6-3-9-1-4-13-5-2-9)15-12-10-7-14-8-11(10)12/h1-2,4-5,10-12,14-15H,3,6-8H2. The van der Waals surface area contributed by atoms with Crippen LogP contribution in [-0.4, -0.2) is 38.3 Å². The number of piperidine rings is 1. The minimum Gasteiger partial charge on any atom is -0.316 e. The van der Waals surface area contributed by atoms with Crippen molar-refractivity contribution in [2.45, 2.75) is 12.5 Å². The Balaban J connectivity index is 1.52. The van der Waals surface area contributed by atoms with E-state index in [1.807, 2.05) is 12.1 Å². The fourth-order valence-corrected chi connectivity index (χ4v) is 4.05. The molecule has 1 aromatic heterocycles. The molecular formula is C12H17N3O2S. The molecule has 98 valence electrons. The molecule has 2 aliphatic rings. The van der Waals surface area contributed by atoms with Gasteiger partial charge in [0, 0.05) is 18.4 Å². The molecule has 1 aliphatic carbocycles. The van der Waals surface area contributed by atoms with Crippen LogP contribution in [0.15, 0.2) is 24.5 Å². The van der Waals surface area contributed by atoms with E-state index in [2.05, 4.69) is 15.0 Å². The van der Waals surface area contributed by atoms with Gasteiger partial charge in [0.15, 0.2) is 0 Å². The largest absolute Gasteiger partial charge is 0.316 e. The van der Waals surface area contributed by atoms with Crippen molar-refractivity contribution in [3.63, 3.8) is 0 Å². The van der Waals surface area contributed by atoms with E-state index in [1.165, 1.54) is 0 Å². The van der Waals surface area contributed by atoms with Gasteiger partial charge >= 0.3 is 0 Å². The molecule has 3 rings (SSSR count). The third kappa shape index (κ3) is 2.55. The highest BCUT2D eigenvalue weighted by Crippen LogP contribution is 2.41. The first-order valence-corrected chi connectivity index (χ1v) is 7.90. The summed E-state index contributed by atoms with van der Waals surface area (Å²) in [6.07, 6.45) is 3.91. The third-order valence-corrected chi connectivity index (χ3v) is 5.19. The maximum absolute atomic E-state index is 11.9. The number of nitrogens with zero attached hydrogens (tertiary/aromatic N) is 1. The summed E-state index contributed by atoms with van der Waals surface area (Å²) in [6.45, 7) is 1.89. The molecule has 2 heterocycles. The number of nitrogens with one attached hydrogen (secondary N) is 2. The Kier molecular flexibility index (Phi) is 3.09. The number of hydrogen-bond acceptors (Lipinski definition) is 4. The first-order chi connectivity index (χ1) is 8.66. The summed E-state index contributed by atoms with van der Waals surface area (Å²) in [5, 5.41) is 3.25. The molecule has 6 heteroatoms. The van der Waals surface area contributed by atoms with E-state index in [9.17, 15) is 8.42 Å². The van der Waals surface area contributed by atoms with Crippen LogP contribution in [0.5, 0.6) is 0 Å². The maximum Gasteiger partial charge on any atom is 0.212 e. The van der Waals surface area contributed by atoms with Crippen molar-refractivity contribution in [3.8, 4) is 0 Å². The molecule has 0 aromatic carbocycles. The van der Waals surface area contributed by atoms with Crippen molar-refractivity contribution in [1.82, 2.24) is 15.0 Å². The minimum absolute atomic E-state index is 0.153. The summed E-state index contributed by atoms with van der Waals surface area (Å²) in [4.78, 5) is 3.91. The Labute approximate surface area is 107 Å². The van der Waals surface area contributed by atoms with Gasteiger partial charge in [-0.25, -0.2) is 13.1 Å². The van der Waals surface area contributed by atoms with E-state index in [0.29, 0.717) is 18.3 Å². The summed E-state index contributed by atoms with van der Waals surface area (Å²) in [6, 6.07) is 3.88. The Bertz CT molecular complexity index is 507. The number of aromatic nitrogens is 1. The number of sulfonamides is 1. The lowest BCUT2D eigenvalue weighted by Gasteiger charge is -2.08. The highest BCUT2D eigenvalue weighted by molar-refractivity contribution is 7.89. The Hall–Kier alpha value is -0.980. The van der Waals surface area contributed by atoms with Crippen LogP contribution in [0.25, 0.3) is 0 Å². The number of hydrogen-bond donors (Lipinski definition) is 2. The smallest absolute Gasteiger partial charge is 0.212 e. The second kappa shape index (κ2) is 4.60. The first kappa shape index (κ1) is 12.1. The molecular weight excluding hydrogens is 250 g/mol. The maximum atomic E-state index is 11.9. The van der Waals surface area contributed by atoms with E-state index in [-0.39, 0.29) is 11.8 Å². The topological polar surface area (TPSA) is 71.1 Å². The molecule has 2 unspecified atom stereocenters. The normalized spacial score (nSPS) is 30.1. The zero-order valence-corrected chi connectivity index (χ0v) is 10.9. The van der Waals surface area contributed by atoms with E-state index < -0.39 is 10.0 Å². The predicted molar refractivity (Wildman–Crippen MR) is 68.5 cm³/mol. The van der Waals surface area contributed by atoms with E-state index in [0.717, 1.165) is 18.7 Å². The summed E-state index contributed by atoms with van der Waals surface area (Å²) >= 11 is 0. The molecule has 18 heavy (non-hydrogen) atoms. The summed E-state index contributed by atoms with van der Waals surface area (Å²) in [5.74, 6) is 1.18. The number of pyridine rings is 1. The van der Waals surface area contributed by atoms with Crippen LogP contribution < -0.4 is 10.0 Å². The number of aryl methyl sites for hydroxylation is 1. The summed E-state index contributed by atoms with van der Waals surface area (Å²) in [7, 11) is -3.16. The van der Waals surface area contributed by atoms with Crippen LogP contribution >= 0.6 is 0 Å². The van der Waals surface area contributed by atoms with Crippen molar-refractivity contribution < 1.29 is 8.42 Å². The molecule has 1 saturated heterocycles. The fourth-order valence-electron chi connectivity index (χ4n) is 2.66. The average Bonchev–Trinajstić information content (AvgIpc) is 2.80. The number of fused-ring (bicyclic) bond motifs is 1. The third-order valence-electron chi connectivity index (χ3n) is 3.82. The lowest BCUT2D eigenvalue weighted by molar-refractivity contribution is 0.564. The van der Waals surface area contributed by atoms with Gasteiger partial charge in [0.05, 0.1) is 5.75 Å². The second-order valence-corrected chi connectivity index (χ2v) is 6.93. The summed E-state index contributed by atoms with van der Waals surface area (Å²) in [5.41, 5.74) is 1.01. The lowest BCUT2D eigenvalue weighted by atomic mass is 10.2. The molecule has 0 amide bonds. The van der Waals surface area contributed by atoms with Crippen molar-refractivity contribution in [2.75, 3.05) is 18.8 Å². The zero-order valence-electron chi connectivity index (χ0n) is 10.0. The Morgan fingerprint density at radius 2 is 1.94 bits per heavy atom. The Morgan fingerprint density at radius 3 is 2.61 bits per heavy atom. The summed E-state index contributed by atoms with van der Waals surface area (Å²) < 4.78 is 26.7. The highest BCUT2D eigenvalue weighted by atomic mass is 32.2. The van der Waals surface area contributed by atoms with Crippen LogP contribution in [0.4, 0.5) is 0 Å². The number of rotatable bonds is 5. The molecule has 1 aliphatic heterocycles. The zero-order chi connectivity index (χ0) is 12.6. The minimum atomic E-state index is -3.16. The van der Waals surface area contributed by atoms with Gasteiger partial charge in [0.1, 0.15) is 0 Å². The van der Waals surface area contributed by atoms with Crippen LogP contribution in [0, 0.1) is 11.8 Å². The van der Waals surface area contributed by atoms with Gasteiger partial charge in [-0.05, 0) is 49.0 Å². The van der Waals surface area contributed by atoms with Gasteiger partial charge in [-0.2, -0.15) is 0 Å². The highest BCUT2D eigenvalue weighted by Gasteiger charge is 2.54. The van der Waals surface area contributed by atoms with Gasteiger partial charge in [-0.1, -0.05) is 0 Å². The molecule has 0 spiro atoms. The second-order valence-electron chi connectivity index (χ2n) is 5.05. The van der Waals surface area contributed by atoms with Gasteiger partial charge in [0.2, 0.25) is 10.0 Å². The van der Waals surface area contributed by atoms with Crippen molar-refractivity contribution >= 4 is 10.0 Å². The van der Waals surface area contributed by atoms with Crippen LogP contribution in [0.2, 0.25) is 0 Å². The molecule has 2 atom stereocenters. The van der Waals surface area contributed by atoms with Crippen molar-refractivity contribution in [3.05, 3.63) is 30.1 Å².